The SMILES string of the molecule is COc1ccc(C=Nn2c(-c3cccs3)csc2=NCCc2ccccc2)c(OC)c1OC. The first-order valence-corrected chi connectivity index (χ1v) is 12.1. The van der Waals surface area contributed by atoms with Crippen molar-refractivity contribution in [1.29, 1.82) is 0 Å². The lowest BCUT2D eigenvalue weighted by atomic mass is 10.2. The summed E-state index contributed by atoms with van der Waals surface area (Å²) in [4.78, 5) is 6.81. The Hall–Kier alpha value is -3.36. The smallest absolute Gasteiger partial charge is 0.206 e. The van der Waals surface area contributed by atoms with E-state index in [0.29, 0.717) is 23.8 Å². The monoisotopic (exact) mass is 479 g/mol. The second kappa shape index (κ2) is 11.0. The van der Waals surface area contributed by atoms with E-state index >= 15 is 0 Å². The molecule has 0 saturated carbocycles. The van der Waals surface area contributed by atoms with Crippen LogP contribution in [0.1, 0.15) is 11.1 Å². The van der Waals surface area contributed by atoms with E-state index in [9.17, 15) is 0 Å². The summed E-state index contributed by atoms with van der Waals surface area (Å²) in [5, 5.41) is 8.95. The van der Waals surface area contributed by atoms with E-state index in [-0.39, 0.29) is 0 Å². The standard InChI is InChI=1S/C25H25N3O3S2/c1-29-21-12-11-19(23(30-2)24(21)31-3)16-27-28-20(22-10-7-15-32-22)17-33-25(28)26-14-13-18-8-5-4-6-9-18/h4-12,15-17H,13-14H2,1-3H3. The van der Waals surface area contributed by atoms with Gasteiger partial charge in [-0.2, -0.15) is 5.10 Å². The van der Waals surface area contributed by atoms with E-state index in [1.54, 1.807) is 50.2 Å². The van der Waals surface area contributed by atoms with Gasteiger partial charge in [0.2, 0.25) is 10.6 Å². The molecule has 0 aliphatic carbocycles. The van der Waals surface area contributed by atoms with Crippen molar-refractivity contribution in [2.45, 2.75) is 6.42 Å². The Morgan fingerprint density at radius 1 is 0.879 bits per heavy atom. The van der Waals surface area contributed by atoms with E-state index in [4.69, 9.17) is 24.3 Å². The maximum Gasteiger partial charge on any atom is 0.206 e. The van der Waals surface area contributed by atoms with Crippen LogP contribution in [0, 0.1) is 0 Å². The number of ether oxygens (including phenoxy) is 3. The molecule has 2 heterocycles. The van der Waals surface area contributed by atoms with Gasteiger partial charge in [-0.25, -0.2) is 4.68 Å². The van der Waals surface area contributed by atoms with E-state index in [1.807, 2.05) is 28.9 Å². The largest absolute Gasteiger partial charge is 0.493 e. The Balaban J connectivity index is 1.71. The van der Waals surface area contributed by atoms with E-state index < -0.39 is 0 Å². The van der Waals surface area contributed by atoms with Crippen LogP contribution in [0.4, 0.5) is 0 Å². The van der Waals surface area contributed by atoms with Crippen LogP contribution in [-0.2, 0) is 6.42 Å². The van der Waals surface area contributed by atoms with Crippen molar-refractivity contribution in [2.75, 3.05) is 27.9 Å². The Morgan fingerprint density at radius 2 is 1.70 bits per heavy atom. The second-order valence-electron chi connectivity index (χ2n) is 6.98. The van der Waals surface area contributed by atoms with Crippen molar-refractivity contribution in [3.05, 3.63) is 81.3 Å². The maximum atomic E-state index is 5.60. The van der Waals surface area contributed by atoms with E-state index in [2.05, 4.69) is 41.1 Å². The van der Waals surface area contributed by atoms with E-state index in [1.165, 1.54) is 5.56 Å². The Morgan fingerprint density at radius 3 is 2.39 bits per heavy atom. The molecule has 4 rings (SSSR count). The zero-order valence-electron chi connectivity index (χ0n) is 18.7. The molecule has 4 aromatic rings. The third-order valence-electron chi connectivity index (χ3n) is 5.00. The molecular weight excluding hydrogens is 454 g/mol. The molecule has 8 heteroatoms. The molecule has 0 bridgehead atoms. The fourth-order valence-corrected chi connectivity index (χ4v) is 5.04. The van der Waals surface area contributed by atoms with Crippen LogP contribution < -0.4 is 19.0 Å². The normalized spacial score (nSPS) is 11.8. The van der Waals surface area contributed by atoms with Gasteiger partial charge in [-0.3, -0.25) is 4.99 Å². The molecule has 6 nitrogen and oxygen atoms in total. The number of rotatable bonds is 9. The highest BCUT2D eigenvalue weighted by atomic mass is 32.1. The fourth-order valence-electron chi connectivity index (χ4n) is 3.39. The van der Waals surface area contributed by atoms with Gasteiger partial charge in [-0.05, 0) is 35.6 Å². The molecule has 170 valence electrons. The first kappa shape index (κ1) is 22.8. The maximum absolute atomic E-state index is 5.60. The molecule has 0 spiro atoms. The lowest BCUT2D eigenvalue weighted by molar-refractivity contribution is 0.324. The summed E-state index contributed by atoms with van der Waals surface area (Å²) >= 11 is 3.26. The fraction of sp³-hybridized carbons (Fsp3) is 0.200. The summed E-state index contributed by atoms with van der Waals surface area (Å²) in [7, 11) is 4.80. The van der Waals surface area contributed by atoms with Gasteiger partial charge < -0.3 is 14.2 Å². The van der Waals surface area contributed by atoms with Gasteiger partial charge >= 0.3 is 0 Å². The van der Waals surface area contributed by atoms with Crippen LogP contribution in [0.25, 0.3) is 10.6 Å². The number of methoxy groups -OCH3 is 3. The average Bonchev–Trinajstić information content (AvgIpc) is 3.52. The highest BCUT2D eigenvalue weighted by Gasteiger charge is 2.15. The molecule has 0 radical (unpaired) electrons. The number of hydrogen-bond donors (Lipinski definition) is 0. The average molecular weight is 480 g/mol. The first-order chi connectivity index (χ1) is 16.2. The Kier molecular flexibility index (Phi) is 7.59. The molecule has 2 aromatic heterocycles. The molecule has 0 aliphatic heterocycles. The molecule has 0 amide bonds. The lowest BCUT2D eigenvalue weighted by Crippen LogP contribution is -2.13. The molecular formula is C25H25N3O3S2. The molecule has 0 aliphatic rings. The predicted octanol–water partition coefficient (Wildman–Crippen LogP) is 5.33. The second-order valence-corrected chi connectivity index (χ2v) is 8.76. The van der Waals surface area contributed by atoms with E-state index in [0.717, 1.165) is 27.4 Å². The van der Waals surface area contributed by atoms with Gasteiger partial charge in [-0.1, -0.05) is 36.4 Å². The first-order valence-electron chi connectivity index (χ1n) is 10.4. The molecule has 0 N–H and O–H groups in total. The molecule has 0 saturated heterocycles. The van der Waals surface area contributed by atoms with Crippen LogP contribution in [0.5, 0.6) is 17.2 Å². The molecule has 33 heavy (non-hydrogen) atoms. The van der Waals surface area contributed by atoms with Gasteiger partial charge in [0, 0.05) is 17.5 Å². The van der Waals surface area contributed by atoms with Crippen molar-refractivity contribution >= 4 is 28.9 Å². The Bertz CT molecular complexity index is 1280. The third kappa shape index (κ3) is 5.18. The van der Waals surface area contributed by atoms with Gasteiger partial charge in [0.25, 0.3) is 0 Å². The summed E-state index contributed by atoms with van der Waals surface area (Å²) in [5.74, 6) is 1.70. The molecule has 2 aromatic carbocycles. The minimum Gasteiger partial charge on any atom is -0.493 e. The number of aromatic nitrogens is 1. The lowest BCUT2D eigenvalue weighted by Gasteiger charge is -2.13. The highest BCUT2D eigenvalue weighted by Crippen LogP contribution is 2.39. The van der Waals surface area contributed by atoms with Crippen molar-refractivity contribution in [1.82, 2.24) is 4.68 Å². The zero-order valence-corrected chi connectivity index (χ0v) is 20.4. The quantitative estimate of drug-likeness (QED) is 0.305. The molecule has 0 atom stereocenters. The summed E-state index contributed by atoms with van der Waals surface area (Å²) in [6, 6.07) is 18.2. The summed E-state index contributed by atoms with van der Waals surface area (Å²) in [6.07, 6.45) is 2.64. The van der Waals surface area contributed by atoms with Gasteiger partial charge in [-0.15, -0.1) is 22.7 Å². The van der Waals surface area contributed by atoms with Crippen molar-refractivity contribution < 1.29 is 14.2 Å². The molecule has 0 unspecified atom stereocenters. The van der Waals surface area contributed by atoms with Crippen LogP contribution in [0.3, 0.4) is 0 Å². The van der Waals surface area contributed by atoms with Gasteiger partial charge in [0.05, 0.1) is 38.1 Å². The predicted molar refractivity (Wildman–Crippen MR) is 135 cm³/mol. The van der Waals surface area contributed by atoms with Gasteiger partial charge in [0.1, 0.15) is 0 Å². The number of benzene rings is 2. The van der Waals surface area contributed by atoms with Crippen LogP contribution in [0.2, 0.25) is 0 Å². The minimum absolute atomic E-state index is 0.533. The topological polar surface area (TPSA) is 57.3 Å². The Labute approximate surface area is 201 Å². The highest BCUT2D eigenvalue weighted by molar-refractivity contribution is 7.14. The summed E-state index contributed by atoms with van der Waals surface area (Å²) in [5.41, 5.74) is 3.05. The van der Waals surface area contributed by atoms with Crippen LogP contribution in [-0.4, -0.2) is 38.8 Å². The van der Waals surface area contributed by atoms with Crippen LogP contribution in [0.15, 0.2) is 75.5 Å². The summed E-state index contributed by atoms with van der Waals surface area (Å²) in [6.45, 7) is 0.684. The number of thiazole rings is 1. The number of thiophene rings is 1. The van der Waals surface area contributed by atoms with Gasteiger partial charge in [0.15, 0.2) is 11.5 Å². The minimum atomic E-state index is 0.533. The van der Waals surface area contributed by atoms with Crippen LogP contribution >= 0.6 is 22.7 Å². The summed E-state index contributed by atoms with van der Waals surface area (Å²) < 4.78 is 18.4. The van der Waals surface area contributed by atoms with Crippen molar-refractivity contribution in [3.8, 4) is 27.8 Å². The number of nitrogens with zero attached hydrogens (tertiary/aromatic N) is 3. The third-order valence-corrected chi connectivity index (χ3v) is 6.74. The zero-order chi connectivity index (χ0) is 23.0. The van der Waals surface area contributed by atoms with Crippen molar-refractivity contribution in [2.24, 2.45) is 10.1 Å². The number of hydrogen-bond acceptors (Lipinski definition) is 7. The molecule has 0 fully saturated rings. The van der Waals surface area contributed by atoms with Crippen molar-refractivity contribution in [3.63, 3.8) is 0 Å².